The summed E-state index contributed by atoms with van der Waals surface area (Å²) in [7, 11) is -3.77. The molecule has 0 bridgehead atoms. The van der Waals surface area contributed by atoms with Gasteiger partial charge in [0.15, 0.2) is 0 Å². The smallest absolute Gasteiger partial charge is 0.264 e. The van der Waals surface area contributed by atoms with Gasteiger partial charge >= 0.3 is 0 Å². The molecule has 0 aliphatic rings. The zero-order chi connectivity index (χ0) is 25.4. The van der Waals surface area contributed by atoms with E-state index in [0.717, 1.165) is 18.4 Å². The van der Waals surface area contributed by atoms with Crippen molar-refractivity contribution in [1.29, 1.82) is 0 Å². The van der Waals surface area contributed by atoms with E-state index in [9.17, 15) is 13.2 Å². The summed E-state index contributed by atoms with van der Waals surface area (Å²) in [4.78, 5) is 12.8. The molecule has 0 aliphatic heterocycles. The lowest BCUT2D eigenvalue weighted by molar-refractivity contribution is 0.0953. The van der Waals surface area contributed by atoms with Crippen LogP contribution in [0.1, 0.15) is 33.5 Å². The number of carbonyl (C=O) groups is 1. The molecule has 0 saturated carbocycles. The molecule has 0 heterocycles. The average molecular weight is 499 g/mol. The third kappa shape index (κ3) is 6.40. The topological polar surface area (TPSA) is 66.5 Å². The quantitative estimate of drug-likeness (QED) is 0.283. The summed E-state index contributed by atoms with van der Waals surface area (Å²) in [5, 5.41) is 2.97. The van der Waals surface area contributed by atoms with Crippen molar-refractivity contribution in [3.63, 3.8) is 0 Å². The van der Waals surface area contributed by atoms with Crippen molar-refractivity contribution in [2.75, 3.05) is 10.8 Å². The summed E-state index contributed by atoms with van der Waals surface area (Å²) in [6, 6.07) is 33.0. The predicted octanol–water partition coefficient (Wildman–Crippen LogP) is 5.75. The minimum atomic E-state index is -3.77. The highest BCUT2D eigenvalue weighted by Crippen LogP contribution is 2.25. The minimum Gasteiger partial charge on any atom is -0.352 e. The second-order valence-electron chi connectivity index (χ2n) is 8.70. The Kier molecular flexibility index (Phi) is 8.18. The van der Waals surface area contributed by atoms with Crippen molar-refractivity contribution >= 4 is 21.6 Å². The SMILES string of the molecule is Cc1ccc(CCCNC(=O)c2ccc(CN(c3ccccc3)S(=O)(=O)c3ccccc3)cc2)cc1. The first-order valence-corrected chi connectivity index (χ1v) is 13.4. The van der Waals surface area contributed by atoms with Gasteiger partial charge in [0.1, 0.15) is 0 Å². The highest BCUT2D eigenvalue weighted by Gasteiger charge is 2.25. The van der Waals surface area contributed by atoms with Crippen molar-refractivity contribution in [2.24, 2.45) is 0 Å². The molecule has 0 spiro atoms. The highest BCUT2D eigenvalue weighted by molar-refractivity contribution is 7.92. The maximum absolute atomic E-state index is 13.4. The van der Waals surface area contributed by atoms with Crippen LogP contribution in [0.4, 0.5) is 5.69 Å². The Morgan fingerprint density at radius 1 is 0.750 bits per heavy atom. The van der Waals surface area contributed by atoms with Gasteiger partial charge in [-0.2, -0.15) is 0 Å². The summed E-state index contributed by atoms with van der Waals surface area (Å²) in [5.41, 5.74) is 4.41. The molecular weight excluding hydrogens is 468 g/mol. The molecule has 0 aromatic heterocycles. The van der Waals surface area contributed by atoms with Crippen molar-refractivity contribution in [3.8, 4) is 0 Å². The number of hydrogen-bond donors (Lipinski definition) is 1. The molecule has 4 rings (SSSR count). The molecule has 1 N–H and O–H groups in total. The van der Waals surface area contributed by atoms with E-state index in [1.807, 2.05) is 18.2 Å². The fourth-order valence-electron chi connectivity index (χ4n) is 3.91. The third-order valence-electron chi connectivity index (χ3n) is 5.97. The first-order chi connectivity index (χ1) is 17.4. The average Bonchev–Trinajstić information content (AvgIpc) is 2.92. The number of para-hydroxylation sites is 1. The van der Waals surface area contributed by atoms with Crippen molar-refractivity contribution < 1.29 is 13.2 Å². The molecule has 0 aliphatic carbocycles. The lowest BCUT2D eigenvalue weighted by atomic mass is 10.1. The second kappa shape index (κ2) is 11.7. The molecule has 0 saturated heterocycles. The molecule has 6 heteroatoms. The second-order valence-corrected chi connectivity index (χ2v) is 10.6. The fraction of sp³-hybridized carbons (Fsp3) is 0.167. The van der Waals surface area contributed by atoms with Gasteiger partial charge < -0.3 is 5.32 Å². The number of hydrogen-bond acceptors (Lipinski definition) is 3. The van der Waals surface area contributed by atoms with Gasteiger partial charge in [0.2, 0.25) is 0 Å². The van der Waals surface area contributed by atoms with E-state index in [2.05, 4.69) is 36.5 Å². The van der Waals surface area contributed by atoms with Crippen LogP contribution in [-0.2, 0) is 23.0 Å². The zero-order valence-corrected chi connectivity index (χ0v) is 21.1. The largest absolute Gasteiger partial charge is 0.352 e. The van der Waals surface area contributed by atoms with Crippen LogP contribution in [0, 0.1) is 6.92 Å². The number of carbonyl (C=O) groups excluding carboxylic acids is 1. The molecule has 0 radical (unpaired) electrons. The molecule has 36 heavy (non-hydrogen) atoms. The monoisotopic (exact) mass is 498 g/mol. The summed E-state index contributed by atoms with van der Waals surface area (Å²) < 4.78 is 28.3. The number of rotatable bonds is 10. The van der Waals surface area contributed by atoms with Gasteiger partial charge in [0, 0.05) is 12.1 Å². The summed E-state index contributed by atoms with van der Waals surface area (Å²) >= 11 is 0. The van der Waals surface area contributed by atoms with Crippen LogP contribution in [0.5, 0.6) is 0 Å². The van der Waals surface area contributed by atoms with Gasteiger partial charge in [0.25, 0.3) is 15.9 Å². The minimum absolute atomic E-state index is 0.137. The van der Waals surface area contributed by atoms with Crippen molar-refractivity contribution in [1.82, 2.24) is 5.32 Å². The van der Waals surface area contributed by atoms with Gasteiger partial charge in [-0.15, -0.1) is 0 Å². The van der Waals surface area contributed by atoms with Crippen LogP contribution >= 0.6 is 0 Å². The molecular formula is C30H30N2O3S. The molecule has 0 atom stereocenters. The maximum Gasteiger partial charge on any atom is 0.264 e. The van der Waals surface area contributed by atoms with E-state index in [1.165, 1.54) is 15.4 Å². The normalized spacial score (nSPS) is 11.1. The van der Waals surface area contributed by atoms with E-state index in [4.69, 9.17) is 0 Å². The molecule has 5 nitrogen and oxygen atoms in total. The molecule has 4 aromatic carbocycles. The predicted molar refractivity (Wildman–Crippen MR) is 145 cm³/mol. The number of aryl methyl sites for hydroxylation is 2. The molecule has 184 valence electrons. The van der Waals surface area contributed by atoms with Gasteiger partial charge in [-0.1, -0.05) is 78.4 Å². The van der Waals surface area contributed by atoms with E-state index in [-0.39, 0.29) is 17.3 Å². The van der Waals surface area contributed by atoms with E-state index < -0.39 is 10.0 Å². The lowest BCUT2D eigenvalue weighted by Gasteiger charge is -2.25. The van der Waals surface area contributed by atoms with Crippen LogP contribution in [0.2, 0.25) is 0 Å². The van der Waals surface area contributed by atoms with Crippen LogP contribution in [0.25, 0.3) is 0 Å². The highest BCUT2D eigenvalue weighted by atomic mass is 32.2. The third-order valence-corrected chi connectivity index (χ3v) is 7.75. The first kappa shape index (κ1) is 25.2. The van der Waals surface area contributed by atoms with Gasteiger partial charge in [0.05, 0.1) is 17.1 Å². The molecule has 1 amide bonds. The molecule has 4 aromatic rings. The Morgan fingerprint density at radius 3 is 1.97 bits per heavy atom. The van der Waals surface area contributed by atoms with Gasteiger partial charge in [-0.05, 0) is 67.3 Å². The fourth-order valence-corrected chi connectivity index (χ4v) is 5.38. The number of sulfonamides is 1. The van der Waals surface area contributed by atoms with E-state index in [1.54, 1.807) is 66.7 Å². The number of nitrogens with one attached hydrogen (secondary N) is 1. The zero-order valence-electron chi connectivity index (χ0n) is 20.3. The Bertz CT molecular complexity index is 1370. The standard InChI is InChI=1S/C30H30N2O3S/c1-24-14-16-25(17-15-24)9-8-22-31-30(33)27-20-18-26(19-21-27)23-32(28-10-4-2-5-11-28)36(34,35)29-12-6-3-7-13-29/h2-7,10-21H,8-9,22-23H2,1H3,(H,31,33). The summed E-state index contributed by atoms with van der Waals surface area (Å²) in [5.74, 6) is -0.137. The maximum atomic E-state index is 13.4. The van der Waals surface area contributed by atoms with Crippen molar-refractivity contribution in [2.45, 2.75) is 31.2 Å². The Labute approximate surface area is 213 Å². The summed E-state index contributed by atoms with van der Waals surface area (Å²) in [6.07, 6.45) is 1.76. The van der Waals surface area contributed by atoms with E-state index in [0.29, 0.717) is 17.8 Å². The van der Waals surface area contributed by atoms with E-state index >= 15 is 0 Å². The summed E-state index contributed by atoms with van der Waals surface area (Å²) in [6.45, 7) is 2.81. The Balaban J connectivity index is 1.41. The van der Waals surface area contributed by atoms with Gasteiger partial charge in [-0.3, -0.25) is 9.10 Å². The van der Waals surface area contributed by atoms with Crippen LogP contribution < -0.4 is 9.62 Å². The number of benzene rings is 4. The number of anilines is 1. The molecule has 0 fully saturated rings. The lowest BCUT2D eigenvalue weighted by Crippen LogP contribution is -2.30. The van der Waals surface area contributed by atoms with Crippen LogP contribution in [0.3, 0.4) is 0 Å². The Hall–Kier alpha value is -3.90. The van der Waals surface area contributed by atoms with Gasteiger partial charge in [-0.25, -0.2) is 8.42 Å². The van der Waals surface area contributed by atoms with Crippen molar-refractivity contribution in [3.05, 3.63) is 131 Å². The number of amides is 1. The molecule has 0 unspecified atom stereocenters. The van der Waals surface area contributed by atoms with Crippen LogP contribution in [0.15, 0.2) is 114 Å². The number of nitrogens with zero attached hydrogens (tertiary/aromatic N) is 1. The first-order valence-electron chi connectivity index (χ1n) is 12.0. The Morgan fingerprint density at radius 2 is 1.33 bits per heavy atom. The van der Waals surface area contributed by atoms with Crippen LogP contribution in [-0.4, -0.2) is 20.9 Å².